The molecular weight excluding hydrogens is 454 g/mol. The van der Waals surface area contributed by atoms with Crippen molar-refractivity contribution in [2.45, 2.75) is 12.5 Å². The maximum absolute atomic E-state index is 5.78. The number of anilines is 1. The van der Waals surface area contributed by atoms with Gasteiger partial charge in [0.15, 0.2) is 0 Å². The van der Waals surface area contributed by atoms with Gasteiger partial charge >= 0.3 is 0 Å². The molecular formula is C29H23N3O2S. The van der Waals surface area contributed by atoms with Crippen molar-refractivity contribution in [2.75, 3.05) is 12.1 Å². The molecule has 3 aromatic carbocycles. The smallest absolute Gasteiger partial charge is 0.207 e. The van der Waals surface area contributed by atoms with E-state index in [0.717, 1.165) is 45.6 Å². The Kier molecular flexibility index (Phi) is 5.64. The number of ether oxygens (including phenoxy) is 1. The number of hydrogen-bond acceptors (Lipinski definition) is 6. The molecule has 0 saturated heterocycles. The Morgan fingerprint density at radius 1 is 0.829 bits per heavy atom. The first-order valence-corrected chi connectivity index (χ1v) is 12.3. The minimum atomic E-state index is -0.0402. The molecule has 0 unspecified atom stereocenters. The van der Waals surface area contributed by atoms with Crippen molar-refractivity contribution in [1.29, 1.82) is 0 Å². The maximum atomic E-state index is 5.78. The van der Waals surface area contributed by atoms with Crippen molar-refractivity contribution in [3.63, 3.8) is 0 Å². The first-order valence-electron chi connectivity index (χ1n) is 11.4. The number of furan rings is 1. The van der Waals surface area contributed by atoms with E-state index in [0.29, 0.717) is 0 Å². The fourth-order valence-electron chi connectivity index (χ4n) is 4.31. The molecule has 35 heavy (non-hydrogen) atoms. The Balaban J connectivity index is 1.30. The largest absolute Gasteiger partial charge is 0.497 e. The summed E-state index contributed by atoms with van der Waals surface area (Å²) in [7, 11) is 1.67. The molecule has 0 radical (unpaired) electrons. The molecule has 0 N–H and O–H groups in total. The summed E-state index contributed by atoms with van der Waals surface area (Å²) in [6, 6.07) is 30.8. The monoisotopic (exact) mass is 477 g/mol. The number of nitrogens with zero attached hydrogens (tertiary/aromatic N) is 3. The van der Waals surface area contributed by atoms with E-state index < -0.39 is 0 Å². The Morgan fingerprint density at radius 2 is 1.54 bits per heavy atom. The predicted molar refractivity (Wildman–Crippen MR) is 141 cm³/mol. The second kappa shape index (κ2) is 9.24. The third-order valence-corrected chi connectivity index (χ3v) is 7.01. The van der Waals surface area contributed by atoms with Crippen molar-refractivity contribution in [3.05, 3.63) is 114 Å². The number of benzene rings is 3. The van der Waals surface area contributed by atoms with Crippen LogP contribution in [0.3, 0.4) is 0 Å². The van der Waals surface area contributed by atoms with Gasteiger partial charge in [-0.1, -0.05) is 54.6 Å². The highest BCUT2D eigenvalue weighted by Crippen LogP contribution is 2.39. The summed E-state index contributed by atoms with van der Waals surface area (Å²) >= 11 is 1.59. The zero-order valence-corrected chi connectivity index (χ0v) is 20.0. The van der Waals surface area contributed by atoms with Crippen LogP contribution in [0, 0.1) is 0 Å². The highest BCUT2D eigenvalue weighted by molar-refractivity contribution is 7.14. The average molecular weight is 478 g/mol. The zero-order valence-electron chi connectivity index (χ0n) is 19.2. The van der Waals surface area contributed by atoms with E-state index in [1.165, 1.54) is 11.1 Å². The van der Waals surface area contributed by atoms with Crippen LogP contribution in [0.15, 0.2) is 112 Å². The summed E-state index contributed by atoms with van der Waals surface area (Å²) in [5.74, 6) is 1.70. The second-order valence-electron chi connectivity index (χ2n) is 8.31. The molecule has 0 spiro atoms. The fraction of sp³-hybridized carbons (Fsp3) is 0.103. The lowest BCUT2D eigenvalue weighted by Gasteiger charge is -2.18. The molecule has 6 rings (SSSR count). The summed E-state index contributed by atoms with van der Waals surface area (Å²) < 4.78 is 11.1. The highest BCUT2D eigenvalue weighted by Gasteiger charge is 2.33. The molecule has 6 heteroatoms. The molecule has 5 aromatic rings. The van der Waals surface area contributed by atoms with Crippen molar-refractivity contribution >= 4 is 22.2 Å². The van der Waals surface area contributed by atoms with Gasteiger partial charge in [0.05, 0.1) is 24.8 Å². The van der Waals surface area contributed by atoms with Gasteiger partial charge in [0, 0.05) is 17.4 Å². The summed E-state index contributed by atoms with van der Waals surface area (Å²) in [6.07, 6.45) is 2.45. The number of thiazole rings is 1. The molecule has 0 aliphatic carbocycles. The summed E-state index contributed by atoms with van der Waals surface area (Å²) in [4.78, 5) is 4.96. The van der Waals surface area contributed by atoms with Crippen molar-refractivity contribution in [2.24, 2.45) is 5.10 Å². The van der Waals surface area contributed by atoms with E-state index in [2.05, 4.69) is 53.9 Å². The van der Waals surface area contributed by atoms with Gasteiger partial charge in [-0.3, -0.25) is 0 Å². The van der Waals surface area contributed by atoms with Gasteiger partial charge in [0.25, 0.3) is 0 Å². The third kappa shape index (κ3) is 4.24. The summed E-state index contributed by atoms with van der Waals surface area (Å²) in [5, 5.41) is 9.91. The number of hydrazone groups is 1. The van der Waals surface area contributed by atoms with Crippen LogP contribution in [0.2, 0.25) is 0 Å². The number of methoxy groups -OCH3 is 1. The molecule has 3 heterocycles. The molecule has 0 saturated carbocycles. The molecule has 0 amide bonds. The molecule has 172 valence electrons. The molecule has 2 aromatic heterocycles. The van der Waals surface area contributed by atoms with Gasteiger partial charge in [-0.25, -0.2) is 9.99 Å². The maximum Gasteiger partial charge on any atom is 0.207 e. The standard InChI is InChI=1S/C29H23N3O2S/c1-33-24-15-13-22(14-16-24)25-18-27(28-8-5-17-34-28)32(31-25)29-30-26(19-35-29)23-11-9-21(10-12-23)20-6-3-2-4-7-20/h2-17,19,27H,18H2,1H3/t27-/m0/s1. The topological polar surface area (TPSA) is 50.9 Å². The number of rotatable bonds is 6. The van der Waals surface area contributed by atoms with Crippen LogP contribution in [0.4, 0.5) is 5.13 Å². The van der Waals surface area contributed by atoms with E-state index in [1.807, 2.05) is 47.5 Å². The van der Waals surface area contributed by atoms with Crippen LogP contribution in [-0.2, 0) is 0 Å². The Morgan fingerprint density at radius 3 is 2.26 bits per heavy atom. The Bertz CT molecular complexity index is 1440. The zero-order chi connectivity index (χ0) is 23.6. The molecule has 1 aliphatic heterocycles. The SMILES string of the molecule is COc1ccc(C2=NN(c3nc(-c4ccc(-c5ccccc5)cc4)cs3)[C@H](c3ccco3)C2)cc1. The lowest BCUT2D eigenvalue weighted by molar-refractivity contribution is 0.415. The van der Waals surface area contributed by atoms with Gasteiger partial charge in [0.2, 0.25) is 5.13 Å². The fourth-order valence-corrected chi connectivity index (χ4v) is 5.15. The predicted octanol–water partition coefficient (Wildman–Crippen LogP) is 7.43. The van der Waals surface area contributed by atoms with Crippen LogP contribution in [-0.4, -0.2) is 17.8 Å². The van der Waals surface area contributed by atoms with Crippen molar-refractivity contribution in [3.8, 4) is 28.1 Å². The van der Waals surface area contributed by atoms with E-state index >= 15 is 0 Å². The number of hydrogen-bond donors (Lipinski definition) is 0. The first kappa shape index (κ1) is 21.4. The van der Waals surface area contributed by atoms with Crippen LogP contribution in [0.25, 0.3) is 22.4 Å². The number of aromatic nitrogens is 1. The van der Waals surface area contributed by atoms with E-state index in [4.69, 9.17) is 19.2 Å². The Labute approximate surface area is 208 Å². The lowest BCUT2D eigenvalue weighted by Crippen LogP contribution is -2.17. The lowest BCUT2D eigenvalue weighted by atomic mass is 10.0. The van der Waals surface area contributed by atoms with Gasteiger partial charge in [-0.15, -0.1) is 11.3 Å². The molecule has 0 bridgehead atoms. The van der Waals surface area contributed by atoms with Crippen LogP contribution in [0.1, 0.15) is 23.8 Å². The Hall–Kier alpha value is -4.16. The van der Waals surface area contributed by atoms with E-state index in [-0.39, 0.29) is 6.04 Å². The van der Waals surface area contributed by atoms with Gasteiger partial charge in [0.1, 0.15) is 17.6 Å². The summed E-state index contributed by atoms with van der Waals surface area (Å²) in [5.41, 5.74) is 6.49. The van der Waals surface area contributed by atoms with E-state index in [9.17, 15) is 0 Å². The highest BCUT2D eigenvalue weighted by atomic mass is 32.1. The molecule has 0 fully saturated rings. The quantitative estimate of drug-likeness (QED) is 0.255. The second-order valence-corrected chi connectivity index (χ2v) is 9.15. The average Bonchev–Trinajstić information content (AvgIpc) is 3.70. The molecule has 5 nitrogen and oxygen atoms in total. The third-order valence-electron chi connectivity index (χ3n) is 6.18. The van der Waals surface area contributed by atoms with Crippen molar-refractivity contribution < 1.29 is 9.15 Å². The first-order chi connectivity index (χ1) is 17.3. The van der Waals surface area contributed by atoms with Gasteiger partial charge in [-0.2, -0.15) is 5.10 Å². The van der Waals surface area contributed by atoms with Gasteiger partial charge < -0.3 is 9.15 Å². The molecule has 1 atom stereocenters. The molecule has 1 aliphatic rings. The van der Waals surface area contributed by atoms with Crippen molar-refractivity contribution in [1.82, 2.24) is 4.98 Å². The van der Waals surface area contributed by atoms with Crippen LogP contribution >= 0.6 is 11.3 Å². The summed E-state index contributed by atoms with van der Waals surface area (Å²) in [6.45, 7) is 0. The van der Waals surface area contributed by atoms with E-state index in [1.54, 1.807) is 24.7 Å². The minimum Gasteiger partial charge on any atom is -0.497 e. The minimum absolute atomic E-state index is 0.0402. The van der Waals surface area contributed by atoms with Gasteiger partial charge in [-0.05, 0) is 53.1 Å². The van der Waals surface area contributed by atoms with Crippen LogP contribution in [0.5, 0.6) is 5.75 Å². The van der Waals surface area contributed by atoms with Crippen LogP contribution < -0.4 is 9.75 Å². The normalized spacial score (nSPS) is 15.3.